The van der Waals surface area contributed by atoms with Gasteiger partial charge in [-0.3, -0.25) is 4.68 Å². The fourth-order valence-corrected chi connectivity index (χ4v) is 3.39. The van der Waals surface area contributed by atoms with Crippen molar-refractivity contribution in [2.75, 3.05) is 14.2 Å². The summed E-state index contributed by atoms with van der Waals surface area (Å²) in [6, 6.07) is 13.7. The molecule has 7 nitrogen and oxygen atoms in total. The van der Waals surface area contributed by atoms with E-state index >= 15 is 0 Å². The molecule has 0 unspecified atom stereocenters. The molecule has 0 radical (unpaired) electrons. The van der Waals surface area contributed by atoms with Crippen molar-refractivity contribution in [1.29, 1.82) is 0 Å². The number of hydrogen-bond donors (Lipinski definition) is 0. The molecule has 0 atom stereocenters. The molecule has 4 aromatic rings. The van der Waals surface area contributed by atoms with Crippen LogP contribution in [0.2, 0.25) is 0 Å². The first-order valence-electron chi connectivity index (χ1n) is 9.60. The van der Waals surface area contributed by atoms with Crippen molar-refractivity contribution in [2.24, 2.45) is 0 Å². The van der Waals surface area contributed by atoms with Crippen LogP contribution in [0.5, 0.6) is 6.01 Å². The lowest BCUT2D eigenvalue weighted by Crippen LogP contribution is -2.08. The second-order valence-electron chi connectivity index (χ2n) is 6.72. The third-order valence-corrected chi connectivity index (χ3v) is 4.86. The monoisotopic (exact) mass is 412 g/mol. The second kappa shape index (κ2) is 8.67. The number of aromatic nitrogens is 4. The zero-order valence-corrected chi connectivity index (χ0v) is 17.4. The normalized spacial score (nSPS) is 10.4. The van der Waals surface area contributed by atoms with E-state index in [2.05, 4.69) is 26.9 Å². The molecule has 0 saturated carbocycles. The number of carbonyl (C=O) groups is 1. The molecule has 0 aliphatic rings. The zero-order chi connectivity index (χ0) is 21.8. The Labute approximate surface area is 179 Å². The number of ether oxygens (including phenoxy) is 2. The number of rotatable bonds is 5. The van der Waals surface area contributed by atoms with E-state index in [4.69, 9.17) is 9.47 Å². The van der Waals surface area contributed by atoms with Gasteiger partial charge < -0.3 is 9.47 Å². The number of benzene rings is 2. The summed E-state index contributed by atoms with van der Waals surface area (Å²) in [6.45, 7) is 2.27. The van der Waals surface area contributed by atoms with Gasteiger partial charge in [-0.05, 0) is 30.7 Å². The Morgan fingerprint density at radius 3 is 2.61 bits per heavy atom. The molecule has 0 spiro atoms. The maximum Gasteiger partial charge on any atom is 0.340 e. The summed E-state index contributed by atoms with van der Waals surface area (Å²) in [7, 11) is 2.91. The summed E-state index contributed by atoms with van der Waals surface area (Å²) in [4.78, 5) is 20.7. The predicted octanol–water partition coefficient (Wildman–Crippen LogP) is 3.71. The smallest absolute Gasteiger partial charge is 0.340 e. The molecule has 0 aliphatic heterocycles. The lowest BCUT2D eigenvalue weighted by molar-refractivity contribution is 0.0602. The van der Waals surface area contributed by atoms with E-state index in [1.54, 1.807) is 30.1 Å². The summed E-state index contributed by atoms with van der Waals surface area (Å²) >= 11 is 0. The van der Waals surface area contributed by atoms with E-state index in [0.29, 0.717) is 23.6 Å². The highest BCUT2D eigenvalue weighted by Gasteiger charge is 2.17. The van der Waals surface area contributed by atoms with Crippen molar-refractivity contribution in [2.45, 2.75) is 13.5 Å². The minimum atomic E-state index is -0.407. The summed E-state index contributed by atoms with van der Waals surface area (Å²) < 4.78 is 11.9. The molecule has 154 valence electrons. The van der Waals surface area contributed by atoms with Crippen molar-refractivity contribution in [1.82, 2.24) is 19.7 Å². The van der Waals surface area contributed by atoms with Gasteiger partial charge in [-0.15, -0.1) is 5.92 Å². The summed E-state index contributed by atoms with van der Waals surface area (Å²) in [5, 5.41) is 5.34. The maximum atomic E-state index is 12.3. The van der Waals surface area contributed by atoms with Crippen LogP contribution in [0.1, 0.15) is 28.4 Å². The van der Waals surface area contributed by atoms with Crippen molar-refractivity contribution < 1.29 is 14.3 Å². The lowest BCUT2D eigenvalue weighted by atomic mass is 10.1. The van der Waals surface area contributed by atoms with Crippen LogP contribution in [0.25, 0.3) is 22.2 Å². The number of carbonyl (C=O) groups excluding carboxylic acids is 1. The molecule has 2 aromatic heterocycles. The van der Waals surface area contributed by atoms with Crippen LogP contribution in [-0.4, -0.2) is 39.9 Å². The predicted molar refractivity (Wildman–Crippen MR) is 117 cm³/mol. The topological polar surface area (TPSA) is 79.1 Å². The van der Waals surface area contributed by atoms with Crippen LogP contribution in [-0.2, 0) is 11.3 Å². The van der Waals surface area contributed by atoms with Crippen molar-refractivity contribution in [3.05, 3.63) is 71.5 Å². The quantitative estimate of drug-likeness (QED) is 0.367. The van der Waals surface area contributed by atoms with Gasteiger partial charge in [0.2, 0.25) is 0 Å². The molecule has 2 heterocycles. The van der Waals surface area contributed by atoms with Crippen molar-refractivity contribution in [3.8, 4) is 29.1 Å². The third kappa shape index (κ3) is 3.96. The molecule has 0 N–H and O–H groups in total. The van der Waals surface area contributed by atoms with E-state index in [0.717, 1.165) is 27.8 Å². The number of hydrogen-bond acceptors (Lipinski definition) is 6. The Hall–Kier alpha value is -4.18. The number of nitrogens with zero attached hydrogens (tertiary/aromatic N) is 4. The first-order valence-corrected chi connectivity index (χ1v) is 9.60. The largest absolute Gasteiger partial charge is 0.467 e. The fourth-order valence-electron chi connectivity index (χ4n) is 3.39. The Kier molecular flexibility index (Phi) is 5.63. The van der Waals surface area contributed by atoms with E-state index < -0.39 is 5.97 Å². The fraction of sp³-hybridized carbons (Fsp3) is 0.167. The van der Waals surface area contributed by atoms with Crippen molar-refractivity contribution >= 4 is 16.9 Å². The average molecular weight is 412 g/mol. The first-order chi connectivity index (χ1) is 15.1. The van der Waals surface area contributed by atoms with Crippen LogP contribution in [0.15, 0.2) is 54.9 Å². The second-order valence-corrected chi connectivity index (χ2v) is 6.72. The molecule has 0 amide bonds. The van der Waals surface area contributed by atoms with Gasteiger partial charge in [0, 0.05) is 22.7 Å². The van der Waals surface area contributed by atoms with E-state index in [9.17, 15) is 4.79 Å². The standard InChI is InChI=1S/C24H20N4O3/c1-4-5-17-10-11-19(23(29)30-2)22-20(17)14-26-28(22)15-16-6-8-18(9-7-16)21-12-13-25-24(27-21)31-3/h6-14H,15H2,1-3H3. The minimum Gasteiger partial charge on any atom is -0.467 e. The number of esters is 1. The molecule has 2 aromatic carbocycles. The molecule has 7 heteroatoms. The van der Waals surface area contributed by atoms with E-state index in [1.165, 1.54) is 14.2 Å². The highest BCUT2D eigenvalue weighted by Crippen LogP contribution is 2.25. The van der Waals surface area contributed by atoms with Crippen LogP contribution in [0.4, 0.5) is 0 Å². The maximum absolute atomic E-state index is 12.3. The number of fused-ring (bicyclic) bond motifs is 1. The van der Waals surface area contributed by atoms with Gasteiger partial charge in [0.1, 0.15) is 0 Å². The van der Waals surface area contributed by atoms with Crippen LogP contribution < -0.4 is 4.74 Å². The molecule has 4 rings (SSSR count). The van der Waals surface area contributed by atoms with Gasteiger partial charge in [0.15, 0.2) is 0 Å². The third-order valence-electron chi connectivity index (χ3n) is 4.86. The Morgan fingerprint density at radius 1 is 1.10 bits per heavy atom. The molecule has 0 fully saturated rings. The SMILES string of the molecule is CC#Cc1ccc(C(=O)OC)c2c1cnn2Cc1ccc(-c2ccnc(OC)n2)cc1. The Balaban J connectivity index is 1.70. The zero-order valence-electron chi connectivity index (χ0n) is 17.4. The van der Waals surface area contributed by atoms with E-state index in [-0.39, 0.29) is 0 Å². The minimum absolute atomic E-state index is 0.325. The van der Waals surface area contributed by atoms with Gasteiger partial charge >= 0.3 is 12.0 Å². The molecule has 0 aliphatic carbocycles. The highest BCUT2D eigenvalue weighted by molar-refractivity contribution is 6.04. The summed E-state index contributed by atoms with van der Waals surface area (Å²) in [5.41, 5.74) is 4.74. The number of methoxy groups -OCH3 is 2. The van der Waals surface area contributed by atoms with Gasteiger partial charge in [-0.2, -0.15) is 10.1 Å². The summed E-state index contributed by atoms with van der Waals surface area (Å²) in [6.07, 6.45) is 3.40. The van der Waals surface area contributed by atoms with Crippen molar-refractivity contribution in [3.63, 3.8) is 0 Å². The van der Waals surface area contributed by atoms with Gasteiger partial charge in [0.25, 0.3) is 0 Å². The van der Waals surface area contributed by atoms with Crippen LogP contribution >= 0.6 is 0 Å². The molecule has 0 bridgehead atoms. The first kappa shape index (κ1) is 20.1. The Bertz CT molecular complexity index is 1310. The Morgan fingerprint density at radius 2 is 1.90 bits per heavy atom. The van der Waals surface area contributed by atoms with Crippen LogP contribution in [0.3, 0.4) is 0 Å². The molecule has 31 heavy (non-hydrogen) atoms. The highest BCUT2D eigenvalue weighted by atomic mass is 16.5. The summed E-state index contributed by atoms with van der Waals surface area (Å²) in [5.74, 6) is 5.57. The average Bonchev–Trinajstić information content (AvgIpc) is 3.23. The molecule has 0 saturated heterocycles. The van der Waals surface area contributed by atoms with Gasteiger partial charge in [0.05, 0.1) is 43.7 Å². The lowest BCUT2D eigenvalue weighted by Gasteiger charge is -2.09. The molecular formula is C24H20N4O3. The van der Waals surface area contributed by atoms with E-state index in [1.807, 2.05) is 36.4 Å². The van der Waals surface area contributed by atoms with Gasteiger partial charge in [-0.1, -0.05) is 30.2 Å². The van der Waals surface area contributed by atoms with Crippen LogP contribution in [0, 0.1) is 11.8 Å². The molecular weight excluding hydrogens is 392 g/mol. The van der Waals surface area contributed by atoms with Gasteiger partial charge in [-0.25, -0.2) is 9.78 Å².